The van der Waals surface area contributed by atoms with Crippen molar-refractivity contribution in [2.75, 3.05) is 16.8 Å². The van der Waals surface area contributed by atoms with E-state index >= 15 is 0 Å². The smallest absolute Gasteiger partial charge is 0.324 e. The van der Waals surface area contributed by atoms with Crippen LogP contribution in [0.4, 0.5) is 16.2 Å². The molecule has 2 aliphatic heterocycles. The largest absolute Gasteiger partial charge is 0.340 e. The number of anilines is 2. The predicted octanol–water partition coefficient (Wildman–Crippen LogP) is 3.04. The molecule has 1 fully saturated rings. The zero-order chi connectivity index (χ0) is 21.3. The van der Waals surface area contributed by atoms with Crippen LogP contribution >= 0.6 is 15.9 Å². The number of hydrazine groups is 1. The van der Waals surface area contributed by atoms with Crippen molar-refractivity contribution in [1.82, 2.24) is 15.3 Å². The first kappa shape index (κ1) is 20.1. The molecule has 2 aromatic carbocycles. The second-order valence-corrected chi connectivity index (χ2v) is 7.80. The number of rotatable bonds is 5. The Labute approximate surface area is 182 Å². The first-order chi connectivity index (χ1) is 14.5. The van der Waals surface area contributed by atoms with Crippen molar-refractivity contribution in [2.45, 2.75) is 19.5 Å². The van der Waals surface area contributed by atoms with E-state index in [1.165, 1.54) is 21.6 Å². The fourth-order valence-corrected chi connectivity index (χ4v) is 3.54. The zero-order valence-electron chi connectivity index (χ0n) is 16.2. The van der Waals surface area contributed by atoms with E-state index < -0.39 is 12.2 Å². The molecule has 2 heterocycles. The van der Waals surface area contributed by atoms with Gasteiger partial charge in [-0.25, -0.2) is 9.80 Å². The molecule has 0 spiro atoms. The average Bonchev–Trinajstić information content (AvgIpc) is 3.06. The molecule has 0 saturated carbocycles. The maximum absolute atomic E-state index is 12.9. The number of hydrogen-bond donors (Lipinski definition) is 2. The lowest BCUT2D eigenvalue weighted by molar-refractivity contribution is -0.123. The molecule has 154 valence electrons. The Bertz CT molecular complexity index is 1010. The summed E-state index contributed by atoms with van der Waals surface area (Å²) < 4.78 is 0.900. The number of hydrogen-bond acceptors (Lipinski definition) is 4. The van der Waals surface area contributed by atoms with Crippen LogP contribution in [0.15, 0.2) is 65.4 Å². The van der Waals surface area contributed by atoms with Gasteiger partial charge in [0, 0.05) is 28.2 Å². The standard InChI is InChI=1S/C21H20BrN5O3/c1-2-14-3-7-16(8-4-14)23-18(28)13-27-21(30)26-12-11-25(20(29)19(26)24-27)17-9-5-15(22)6-10-17/h3-12,19,24H,2,13H2,1H3,(H,23,28). The molecule has 1 saturated heterocycles. The number of carbonyl (C=O) groups excluding carboxylic acids is 3. The van der Waals surface area contributed by atoms with E-state index in [0.29, 0.717) is 11.4 Å². The summed E-state index contributed by atoms with van der Waals surface area (Å²) in [5.74, 6) is -0.674. The summed E-state index contributed by atoms with van der Waals surface area (Å²) in [5.41, 5.74) is 5.34. The monoisotopic (exact) mass is 469 g/mol. The minimum atomic E-state index is -0.900. The first-order valence-corrected chi connectivity index (χ1v) is 10.3. The number of benzene rings is 2. The van der Waals surface area contributed by atoms with Gasteiger partial charge in [-0.1, -0.05) is 35.0 Å². The molecule has 0 aromatic heterocycles. The summed E-state index contributed by atoms with van der Waals surface area (Å²) >= 11 is 3.37. The molecular formula is C21H20BrN5O3. The highest BCUT2D eigenvalue weighted by atomic mass is 79.9. The van der Waals surface area contributed by atoms with Gasteiger partial charge in [-0.2, -0.15) is 5.43 Å². The molecule has 1 atom stereocenters. The van der Waals surface area contributed by atoms with Crippen LogP contribution in [0.1, 0.15) is 12.5 Å². The molecule has 2 aromatic rings. The number of amides is 4. The number of aryl methyl sites for hydroxylation is 1. The molecule has 0 bridgehead atoms. The van der Waals surface area contributed by atoms with Crippen LogP contribution < -0.4 is 15.6 Å². The van der Waals surface area contributed by atoms with E-state index in [9.17, 15) is 14.4 Å². The molecule has 2 N–H and O–H groups in total. The van der Waals surface area contributed by atoms with E-state index in [4.69, 9.17) is 0 Å². The summed E-state index contributed by atoms with van der Waals surface area (Å²) in [6, 6.07) is 14.3. The number of fused-ring (bicyclic) bond motifs is 1. The average molecular weight is 470 g/mol. The van der Waals surface area contributed by atoms with Gasteiger partial charge < -0.3 is 5.32 Å². The van der Waals surface area contributed by atoms with Crippen molar-refractivity contribution in [3.05, 3.63) is 71.0 Å². The maximum atomic E-state index is 12.9. The molecule has 4 amide bonds. The third kappa shape index (κ3) is 3.94. The molecule has 0 radical (unpaired) electrons. The Kier molecular flexibility index (Phi) is 5.56. The number of nitrogens with zero attached hydrogens (tertiary/aromatic N) is 3. The Morgan fingerprint density at radius 1 is 1.07 bits per heavy atom. The normalized spacial score (nSPS) is 18.1. The van der Waals surface area contributed by atoms with E-state index in [-0.39, 0.29) is 18.4 Å². The predicted molar refractivity (Wildman–Crippen MR) is 116 cm³/mol. The summed E-state index contributed by atoms with van der Waals surface area (Å²) in [6.07, 6.45) is 3.09. The van der Waals surface area contributed by atoms with E-state index in [1.54, 1.807) is 18.3 Å². The molecule has 4 rings (SSSR count). The Balaban J connectivity index is 1.41. The second-order valence-electron chi connectivity index (χ2n) is 6.89. The highest BCUT2D eigenvalue weighted by molar-refractivity contribution is 9.10. The lowest BCUT2D eigenvalue weighted by Gasteiger charge is -2.29. The van der Waals surface area contributed by atoms with Crippen molar-refractivity contribution >= 4 is 45.2 Å². The molecule has 8 nitrogen and oxygen atoms in total. The Morgan fingerprint density at radius 3 is 2.43 bits per heavy atom. The van der Waals surface area contributed by atoms with Crippen LogP contribution in [-0.2, 0) is 16.0 Å². The maximum Gasteiger partial charge on any atom is 0.340 e. The van der Waals surface area contributed by atoms with Crippen LogP contribution in [0.25, 0.3) is 0 Å². The van der Waals surface area contributed by atoms with Crippen molar-refractivity contribution in [3.8, 4) is 0 Å². The fraction of sp³-hybridized carbons (Fsp3) is 0.190. The summed E-state index contributed by atoms with van der Waals surface area (Å²) in [7, 11) is 0. The molecule has 2 aliphatic rings. The highest BCUT2D eigenvalue weighted by Gasteiger charge is 2.44. The van der Waals surface area contributed by atoms with Crippen LogP contribution in [-0.4, -0.2) is 40.5 Å². The number of carbonyl (C=O) groups is 3. The lowest BCUT2D eigenvalue weighted by atomic mass is 10.1. The molecule has 30 heavy (non-hydrogen) atoms. The first-order valence-electron chi connectivity index (χ1n) is 9.48. The lowest BCUT2D eigenvalue weighted by Crippen LogP contribution is -2.52. The van der Waals surface area contributed by atoms with Gasteiger partial charge in [0.05, 0.1) is 0 Å². The summed E-state index contributed by atoms with van der Waals surface area (Å²) in [4.78, 5) is 40.7. The van der Waals surface area contributed by atoms with Gasteiger partial charge in [-0.05, 0) is 48.4 Å². The van der Waals surface area contributed by atoms with Gasteiger partial charge in [0.25, 0.3) is 5.91 Å². The third-order valence-corrected chi connectivity index (χ3v) is 5.44. The minimum Gasteiger partial charge on any atom is -0.324 e. The quantitative estimate of drug-likeness (QED) is 0.704. The summed E-state index contributed by atoms with van der Waals surface area (Å²) in [5, 5.41) is 3.91. The van der Waals surface area contributed by atoms with Gasteiger partial charge in [-0.15, -0.1) is 0 Å². The number of halogens is 1. The Hall–Kier alpha value is -3.17. The van der Waals surface area contributed by atoms with Crippen molar-refractivity contribution < 1.29 is 14.4 Å². The van der Waals surface area contributed by atoms with E-state index in [1.807, 2.05) is 36.4 Å². The van der Waals surface area contributed by atoms with Gasteiger partial charge in [-0.3, -0.25) is 19.4 Å². The van der Waals surface area contributed by atoms with E-state index in [2.05, 4.69) is 33.6 Å². The van der Waals surface area contributed by atoms with Crippen LogP contribution in [0.5, 0.6) is 0 Å². The van der Waals surface area contributed by atoms with Crippen molar-refractivity contribution in [2.24, 2.45) is 0 Å². The highest BCUT2D eigenvalue weighted by Crippen LogP contribution is 2.25. The van der Waals surface area contributed by atoms with Gasteiger partial charge in [0.1, 0.15) is 6.54 Å². The van der Waals surface area contributed by atoms with Crippen molar-refractivity contribution in [1.29, 1.82) is 0 Å². The van der Waals surface area contributed by atoms with Crippen LogP contribution in [0, 0.1) is 0 Å². The third-order valence-electron chi connectivity index (χ3n) is 4.91. The fourth-order valence-electron chi connectivity index (χ4n) is 3.28. The summed E-state index contributed by atoms with van der Waals surface area (Å²) in [6.45, 7) is 1.83. The van der Waals surface area contributed by atoms with Crippen molar-refractivity contribution in [3.63, 3.8) is 0 Å². The minimum absolute atomic E-state index is 0.221. The van der Waals surface area contributed by atoms with Gasteiger partial charge in [0.15, 0.2) is 6.17 Å². The molecule has 1 unspecified atom stereocenters. The molecule has 0 aliphatic carbocycles. The SMILES string of the molecule is CCc1ccc(NC(=O)CN2NC3C(=O)N(c4ccc(Br)cc4)C=CN3C2=O)cc1. The number of nitrogens with one attached hydrogen (secondary N) is 2. The van der Waals surface area contributed by atoms with Crippen LogP contribution in [0.2, 0.25) is 0 Å². The van der Waals surface area contributed by atoms with Crippen LogP contribution in [0.3, 0.4) is 0 Å². The molecule has 9 heteroatoms. The number of urea groups is 1. The van der Waals surface area contributed by atoms with Gasteiger partial charge in [0.2, 0.25) is 5.91 Å². The second kappa shape index (κ2) is 8.29. The van der Waals surface area contributed by atoms with E-state index in [0.717, 1.165) is 15.9 Å². The molecular weight excluding hydrogens is 450 g/mol. The zero-order valence-corrected chi connectivity index (χ0v) is 17.8. The topological polar surface area (TPSA) is 85.0 Å². The Morgan fingerprint density at radius 2 is 1.77 bits per heavy atom. The van der Waals surface area contributed by atoms with Gasteiger partial charge >= 0.3 is 6.03 Å².